The number of hydrogen-bond donors (Lipinski definition) is 2. The number of carbonyl (C=O) groups excluding carboxylic acids is 1. The second-order valence-corrected chi connectivity index (χ2v) is 7.51. The Morgan fingerprint density at radius 2 is 1.45 bits per heavy atom. The van der Waals surface area contributed by atoms with Gasteiger partial charge in [0.05, 0.1) is 15.9 Å². The van der Waals surface area contributed by atoms with E-state index in [1.807, 2.05) is 6.08 Å². The van der Waals surface area contributed by atoms with Crippen LogP contribution in [0.3, 0.4) is 0 Å². The van der Waals surface area contributed by atoms with E-state index < -0.39 is 9.85 Å². The van der Waals surface area contributed by atoms with Crippen molar-refractivity contribution in [2.45, 2.75) is 31.7 Å². The number of nitro benzene ring substituents is 2. The molecule has 0 spiro atoms. The van der Waals surface area contributed by atoms with E-state index in [2.05, 4.69) is 10.6 Å². The third kappa shape index (κ3) is 4.30. The van der Waals surface area contributed by atoms with Gasteiger partial charge in [-0.05, 0) is 78.3 Å². The molecule has 9 nitrogen and oxygen atoms in total. The van der Waals surface area contributed by atoms with Crippen LogP contribution < -0.4 is 10.6 Å². The zero-order chi connectivity index (χ0) is 22.0. The normalized spacial score (nSPS) is 19.8. The minimum Gasteiger partial charge on any atom is -0.327 e. The average molecular weight is 420 g/mol. The van der Waals surface area contributed by atoms with Gasteiger partial charge in [-0.1, -0.05) is 0 Å². The van der Waals surface area contributed by atoms with Crippen LogP contribution in [0.4, 0.5) is 16.2 Å². The molecule has 0 bridgehead atoms. The molecule has 2 N–H and O–H groups in total. The van der Waals surface area contributed by atoms with E-state index in [9.17, 15) is 25.0 Å². The van der Waals surface area contributed by atoms with Crippen LogP contribution in [0.25, 0.3) is 6.08 Å². The molecule has 0 fully saturated rings. The first kappa shape index (κ1) is 20.3. The number of rotatable bonds is 4. The third-order valence-corrected chi connectivity index (χ3v) is 5.53. The highest BCUT2D eigenvalue weighted by Crippen LogP contribution is 2.38. The highest BCUT2D eigenvalue weighted by atomic mass is 16.6. The fraction of sp³-hybridized carbons (Fsp3) is 0.227. The minimum atomic E-state index is -0.452. The molecule has 2 aromatic carbocycles. The first-order valence-corrected chi connectivity index (χ1v) is 9.92. The number of urea groups is 1. The standard InChI is InChI=1S/C22H20N4O5/c27-22-23-20(15-7-11-18(12-8-15)26(30)31)19-4-2-1-3-16(21(19)24-22)13-14-5-9-17(10-6-14)25(28)29/h5-13,20H,1-4H2,(H2,23,24,27)/b16-13+. The van der Waals surface area contributed by atoms with Gasteiger partial charge in [0.2, 0.25) is 0 Å². The van der Waals surface area contributed by atoms with E-state index in [0.29, 0.717) is 0 Å². The van der Waals surface area contributed by atoms with Crippen molar-refractivity contribution in [3.05, 3.63) is 96.7 Å². The van der Waals surface area contributed by atoms with Crippen molar-refractivity contribution in [1.29, 1.82) is 0 Å². The summed E-state index contributed by atoms with van der Waals surface area (Å²) in [7, 11) is 0. The predicted molar refractivity (Wildman–Crippen MR) is 114 cm³/mol. The molecule has 1 aliphatic heterocycles. The van der Waals surface area contributed by atoms with Crippen LogP contribution in [0.1, 0.15) is 42.9 Å². The summed E-state index contributed by atoms with van der Waals surface area (Å²) in [6, 6.07) is 11.8. The highest BCUT2D eigenvalue weighted by molar-refractivity contribution is 5.81. The summed E-state index contributed by atoms with van der Waals surface area (Å²) in [6.45, 7) is 0. The predicted octanol–water partition coefficient (Wildman–Crippen LogP) is 4.77. The van der Waals surface area contributed by atoms with Crippen LogP contribution in [0.5, 0.6) is 0 Å². The van der Waals surface area contributed by atoms with Crippen molar-refractivity contribution < 1.29 is 14.6 Å². The highest BCUT2D eigenvalue weighted by Gasteiger charge is 2.31. The van der Waals surface area contributed by atoms with Crippen molar-refractivity contribution in [3.8, 4) is 0 Å². The van der Waals surface area contributed by atoms with Crippen molar-refractivity contribution in [3.63, 3.8) is 0 Å². The number of hydrogen-bond acceptors (Lipinski definition) is 5. The fourth-order valence-electron chi connectivity index (χ4n) is 4.01. The number of allylic oxidation sites excluding steroid dienone is 1. The maximum Gasteiger partial charge on any atom is 0.319 e. The summed E-state index contributed by atoms with van der Waals surface area (Å²) < 4.78 is 0. The first-order valence-electron chi connectivity index (χ1n) is 9.92. The van der Waals surface area contributed by atoms with Gasteiger partial charge in [0.25, 0.3) is 11.4 Å². The van der Waals surface area contributed by atoms with E-state index in [-0.39, 0.29) is 23.4 Å². The van der Waals surface area contributed by atoms with Gasteiger partial charge in [-0.25, -0.2) is 4.79 Å². The number of non-ortho nitro benzene ring substituents is 2. The number of amides is 2. The molecule has 0 aromatic heterocycles. The Kier molecular flexibility index (Phi) is 5.48. The Labute approximate surface area is 177 Å². The van der Waals surface area contributed by atoms with Crippen LogP contribution in [0, 0.1) is 20.2 Å². The van der Waals surface area contributed by atoms with E-state index in [1.54, 1.807) is 24.3 Å². The summed E-state index contributed by atoms with van der Waals surface area (Å²) >= 11 is 0. The Balaban J connectivity index is 1.73. The molecule has 1 aliphatic carbocycles. The van der Waals surface area contributed by atoms with Gasteiger partial charge in [0.15, 0.2) is 0 Å². The number of nitrogens with zero attached hydrogens (tertiary/aromatic N) is 2. The molecule has 1 atom stereocenters. The zero-order valence-electron chi connectivity index (χ0n) is 16.5. The molecular weight excluding hydrogens is 400 g/mol. The van der Waals surface area contributed by atoms with Crippen LogP contribution in [-0.4, -0.2) is 15.9 Å². The third-order valence-electron chi connectivity index (χ3n) is 5.53. The van der Waals surface area contributed by atoms with E-state index in [0.717, 1.165) is 53.7 Å². The smallest absolute Gasteiger partial charge is 0.319 e. The first-order chi connectivity index (χ1) is 14.9. The molecule has 158 valence electrons. The molecular formula is C22H20N4O5. The van der Waals surface area contributed by atoms with Gasteiger partial charge in [-0.3, -0.25) is 20.2 Å². The van der Waals surface area contributed by atoms with E-state index in [1.165, 1.54) is 24.3 Å². The molecule has 31 heavy (non-hydrogen) atoms. The van der Waals surface area contributed by atoms with Gasteiger partial charge >= 0.3 is 6.03 Å². The molecule has 1 unspecified atom stereocenters. The molecule has 2 amide bonds. The summed E-state index contributed by atoms with van der Waals surface area (Å²) in [6.07, 6.45) is 5.37. The topological polar surface area (TPSA) is 127 Å². The Morgan fingerprint density at radius 1 is 0.871 bits per heavy atom. The number of carbonyl (C=O) groups is 1. The van der Waals surface area contributed by atoms with Crippen molar-refractivity contribution in [1.82, 2.24) is 10.6 Å². The molecule has 0 saturated carbocycles. The molecule has 1 heterocycles. The maximum atomic E-state index is 12.4. The van der Waals surface area contributed by atoms with E-state index >= 15 is 0 Å². The van der Waals surface area contributed by atoms with Gasteiger partial charge in [0, 0.05) is 30.0 Å². The molecule has 0 radical (unpaired) electrons. The summed E-state index contributed by atoms with van der Waals surface area (Å²) in [5.74, 6) is 0. The average Bonchev–Trinajstić information content (AvgIpc) is 2.96. The van der Waals surface area contributed by atoms with Gasteiger partial charge in [-0.15, -0.1) is 0 Å². The lowest BCUT2D eigenvalue weighted by molar-refractivity contribution is -0.385. The largest absolute Gasteiger partial charge is 0.327 e. The van der Waals surface area contributed by atoms with Crippen LogP contribution in [0.2, 0.25) is 0 Å². The molecule has 4 rings (SSSR count). The monoisotopic (exact) mass is 420 g/mol. The quantitative estimate of drug-likeness (QED) is 0.544. The lowest BCUT2D eigenvalue weighted by atomic mass is 9.91. The summed E-state index contributed by atoms with van der Waals surface area (Å²) in [5.41, 5.74) is 4.37. The lowest BCUT2D eigenvalue weighted by Crippen LogP contribution is -2.44. The Hall–Kier alpha value is -4.01. The number of nitro groups is 2. The second-order valence-electron chi connectivity index (χ2n) is 7.51. The minimum absolute atomic E-state index is 0.00200. The van der Waals surface area contributed by atoms with Gasteiger partial charge in [0.1, 0.15) is 0 Å². The van der Waals surface area contributed by atoms with Crippen molar-refractivity contribution >= 4 is 23.5 Å². The van der Waals surface area contributed by atoms with Crippen LogP contribution >= 0.6 is 0 Å². The zero-order valence-corrected chi connectivity index (χ0v) is 16.5. The Bertz CT molecular complexity index is 1100. The molecule has 2 aromatic rings. The molecule has 0 saturated heterocycles. The number of benzene rings is 2. The van der Waals surface area contributed by atoms with Crippen LogP contribution in [0.15, 0.2) is 65.4 Å². The van der Waals surface area contributed by atoms with Gasteiger partial charge < -0.3 is 10.6 Å². The Morgan fingerprint density at radius 3 is 2.06 bits per heavy atom. The maximum absolute atomic E-state index is 12.4. The molecule has 2 aliphatic rings. The molecule has 9 heteroatoms. The van der Waals surface area contributed by atoms with E-state index in [4.69, 9.17) is 0 Å². The summed E-state index contributed by atoms with van der Waals surface area (Å²) in [5, 5.41) is 27.7. The van der Waals surface area contributed by atoms with Crippen LogP contribution in [-0.2, 0) is 0 Å². The van der Waals surface area contributed by atoms with Crippen molar-refractivity contribution in [2.24, 2.45) is 0 Å². The number of nitrogens with one attached hydrogen (secondary N) is 2. The second kappa shape index (κ2) is 8.39. The fourth-order valence-corrected chi connectivity index (χ4v) is 4.01. The lowest BCUT2D eigenvalue weighted by Gasteiger charge is -2.30. The van der Waals surface area contributed by atoms with Gasteiger partial charge in [-0.2, -0.15) is 0 Å². The SMILES string of the molecule is O=C1NC2=C(CCCC/C2=C\c2ccc([N+](=O)[O-])cc2)C(c2ccc([N+](=O)[O-])cc2)N1. The summed E-state index contributed by atoms with van der Waals surface area (Å²) in [4.78, 5) is 33.4. The van der Waals surface area contributed by atoms with Crippen molar-refractivity contribution in [2.75, 3.05) is 0 Å².